The fraction of sp³-hybridized carbons (Fsp3) is 0.0345. The number of carbonyl (C=O) groups excluding carboxylic acids is 2. The Kier molecular flexibility index (Phi) is 6.76. The third-order valence-corrected chi connectivity index (χ3v) is 5.10. The second-order valence-corrected chi connectivity index (χ2v) is 7.33. The zero-order chi connectivity index (χ0) is 23.0. The van der Waals surface area contributed by atoms with E-state index in [1.54, 1.807) is 61.7 Å². The van der Waals surface area contributed by atoms with E-state index in [-0.39, 0.29) is 5.78 Å². The van der Waals surface area contributed by atoms with Crippen molar-refractivity contribution in [1.82, 2.24) is 0 Å². The van der Waals surface area contributed by atoms with Crippen molar-refractivity contribution in [3.63, 3.8) is 0 Å². The maximum atomic E-state index is 12.5. The molecule has 0 fully saturated rings. The lowest BCUT2D eigenvalue weighted by atomic mass is 10.0. The van der Waals surface area contributed by atoms with Crippen molar-refractivity contribution in [2.24, 2.45) is 0 Å². The summed E-state index contributed by atoms with van der Waals surface area (Å²) in [6.45, 7) is 0. The van der Waals surface area contributed by atoms with Crippen LogP contribution in [0.3, 0.4) is 0 Å². The molecule has 0 aliphatic carbocycles. The van der Waals surface area contributed by atoms with Crippen LogP contribution in [0.5, 0.6) is 11.5 Å². The average molecular weight is 434 g/mol. The molecule has 0 saturated carbocycles. The highest BCUT2D eigenvalue weighted by Crippen LogP contribution is 2.20. The quantitative estimate of drug-likeness (QED) is 0.145. The number of ether oxygens (including phenoxy) is 2. The van der Waals surface area contributed by atoms with Crippen LogP contribution < -0.4 is 9.47 Å². The van der Waals surface area contributed by atoms with Crippen molar-refractivity contribution in [2.75, 3.05) is 7.11 Å². The fourth-order valence-corrected chi connectivity index (χ4v) is 3.29. The van der Waals surface area contributed by atoms with Crippen molar-refractivity contribution in [3.05, 3.63) is 126 Å². The highest BCUT2D eigenvalue weighted by atomic mass is 16.5. The first-order valence-corrected chi connectivity index (χ1v) is 10.5. The number of hydrogen-bond donors (Lipinski definition) is 0. The normalized spacial score (nSPS) is 10.7. The van der Waals surface area contributed by atoms with Gasteiger partial charge in [-0.1, -0.05) is 78.9 Å². The topological polar surface area (TPSA) is 52.6 Å². The number of ketones is 1. The Hall–Kier alpha value is -4.44. The van der Waals surface area contributed by atoms with Gasteiger partial charge in [-0.05, 0) is 53.1 Å². The summed E-state index contributed by atoms with van der Waals surface area (Å²) in [5.41, 5.74) is 4.02. The van der Waals surface area contributed by atoms with Crippen molar-refractivity contribution in [3.8, 4) is 22.6 Å². The van der Waals surface area contributed by atoms with E-state index < -0.39 is 5.97 Å². The highest BCUT2D eigenvalue weighted by molar-refractivity contribution is 6.07. The largest absolute Gasteiger partial charge is 0.497 e. The SMILES string of the molecule is COc1cccc(C(=O)Oc2ccc(C=CC(=O)c3ccc(-c4ccccc4)cc3)cc2)c1. The minimum Gasteiger partial charge on any atom is -0.497 e. The van der Waals surface area contributed by atoms with Gasteiger partial charge in [0.1, 0.15) is 11.5 Å². The van der Waals surface area contributed by atoms with Crippen LogP contribution >= 0.6 is 0 Å². The van der Waals surface area contributed by atoms with Crippen molar-refractivity contribution in [1.29, 1.82) is 0 Å². The molecule has 162 valence electrons. The smallest absolute Gasteiger partial charge is 0.343 e. The third kappa shape index (κ3) is 5.63. The van der Waals surface area contributed by atoms with Crippen LogP contribution in [-0.2, 0) is 0 Å². The molecule has 0 bridgehead atoms. The molecule has 4 aromatic carbocycles. The number of methoxy groups -OCH3 is 1. The lowest BCUT2D eigenvalue weighted by molar-refractivity contribution is 0.0734. The molecule has 0 aliphatic heterocycles. The van der Waals surface area contributed by atoms with E-state index in [1.807, 2.05) is 54.6 Å². The zero-order valence-corrected chi connectivity index (χ0v) is 18.1. The molecule has 4 heteroatoms. The second kappa shape index (κ2) is 10.2. The third-order valence-electron chi connectivity index (χ3n) is 5.10. The number of benzene rings is 4. The molecule has 0 radical (unpaired) electrons. The van der Waals surface area contributed by atoms with Gasteiger partial charge in [-0.25, -0.2) is 4.79 Å². The van der Waals surface area contributed by atoms with Crippen LogP contribution in [-0.4, -0.2) is 18.9 Å². The summed E-state index contributed by atoms with van der Waals surface area (Å²) >= 11 is 0. The molecule has 0 atom stereocenters. The van der Waals surface area contributed by atoms with Crippen molar-refractivity contribution in [2.45, 2.75) is 0 Å². The van der Waals surface area contributed by atoms with Gasteiger partial charge in [-0.2, -0.15) is 0 Å². The van der Waals surface area contributed by atoms with Gasteiger partial charge in [-0.3, -0.25) is 4.79 Å². The Labute approximate surface area is 192 Å². The first-order valence-electron chi connectivity index (χ1n) is 10.5. The van der Waals surface area contributed by atoms with Crippen LogP contribution in [0.4, 0.5) is 0 Å². The standard InChI is InChI=1S/C29H22O4/c1-32-27-9-5-8-25(20-27)29(31)33-26-17-10-21(11-18-26)12-19-28(30)24-15-13-23(14-16-24)22-6-3-2-4-7-22/h2-20H,1H3. The summed E-state index contributed by atoms with van der Waals surface area (Å²) in [5, 5.41) is 0. The molecule has 0 aliphatic rings. The predicted molar refractivity (Wildman–Crippen MR) is 130 cm³/mol. The zero-order valence-electron chi connectivity index (χ0n) is 18.1. The molecular weight excluding hydrogens is 412 g/mol. The number of allylic oxidation sites excluding steroid dienone is 1. The second-order valence-electron chi connectivity index (χ2n) is 7.33. The maximum Gasteiger partial charge on any atom is 0.343 e. The van der Waals surface area contributed by atoms with Gasteiger partial charge in [0.15, 0.2) is 5.78 Å². The Balaban J connectivity index is 1.37. The number of esters is 1. The van der Waals surface area contributed by atoms with Gasteiger partial charge >= 0.3 is 5.97 Å². The van der Waals surface area contributed by atoms with Crippen LogP contribution in [0.25, 0.3) is 17.2 Å². The van der Waals surface area contributed by atoms with E-state index in [4.69, 9.17) is 9.47 Å². The Bertz CT molecular complexity index is 1270. The van der Waals surface area contributed by atoms with Crippen LogP contribution in [0, 0.1) is 0 Å². The molecule has 0 unspecified atom stereocenters. The monoisotopic (exact) mass is 434 g/mol. The molecule has 4 nitrogen and oxygen atoms in total. The van der Waals surface area contributed by atoms with Gasteiger partial charge in [0.05, 0.1) is 12.7 Å². The highest BCUT2D eigenvalue weighted by Gasteiger charge is 2.09. The Morgan fingerprint density at radius 1 is 0.667 bits per heavy atom. The molecule has 0 spiro atoms. The van der Waals surface area contributed by atoms with Gasteiger partial charge in [0, 0.05) is 5.56 Å². The van der Waals surface area contributed by atoms with E-state index in [2.05, 4.69) is 0 Å². The van der Waals surface area contributed by atoms with E-state index in [0.29, 0.717) is 22.6 Å². The van der Waals surface area contributed by atoms with Gasteiger partial charge in [0.25, 0.3) is 0 Å². The summed E-state index contributed by atoms with van der Waals surface area (Å²) in [7, 11) is 1.54. The van der Waals surface area contributed by atoms with E-state index >= 15 is 0 Å². The molecule has 0 amide bonds. The molecule has 0 saturated heterocycles. The predicted octanol–water partition coefficient (Wildman–Crippen LogP) is 6.48. The van der Waals surface area contributed by atoms with Crippen molar-refractivity contribution >= 4 is 17.8 Å². The lowest BCUT2D eigenvalue weighted by Gasteiger charge is -2.06. The first-order chi connectivity index (χ1) is 16.1. The van der Waals surface area contributed by atoms with Crippen molar-refractivity contribution < 1.29 is 19.1 Å². The molecule has 0 N–H and O–H groups in total. The molecule has 33 heavy (non-hydrogen) atoms. The lowest BCUT2D eigenvalue weighted by Crippen LogP contribution is -2.08. The van der Waals surface area contributed by atoms with Crippen LogP contribution in [0.1, 0.15) is 26.3 Å². The van der Waals surface area contributed by atoms with E-state index in [1.165, 1.54) is 6.08 Å². The Morgan fingerprint density at radius 2 is 1.36 bits per heavy atom. The molecule has 4 aromatic rings. The minimum absolute atomic E-state index is 0.0804. The summed E-state index contributed by atoms with van der Waals surface area (Å²) < 4.78 is 10.5. The number of hydrogen-bond acceptors (Lipinski definition) is 4. The van der Waals surface area contributed by atoms with Gasteiger partial charge in [-0.15, -0.1) is 0 Å². The number of rotatable bonds is 7. The van der Waals surface area contributed by atoms with E-state index in [0.717, 1.165) is 16.7 Å². The minimum atomic E-state index is -0.466. The molecule has 4 rings (SSSR count). The maximum absolute atomic E-state index is 12.5. The molecule has 0 heterocycles. The summed E-state index contributed by atoms with van der Waals surface area (Å²) in [6.07, 6.45) is 3.27. The summed E-state index contributed by atoms with van der Waals surface area (Å²) in [5.74, 6) is 0.460. The number of carbonyl (C=O) groups is 2. The molecular formula is C29H22O4. The summed E-state index contributed by atoms with van der Waals surface area (Å²) in [4.78, 5) is 24.8. The average Bonchev–Trinajstić information content (AvgIpc) is 2.88. The van der Waals surface area contributed by atoms with Crippen LogP contribution in [0.2, 0.25) is 0 Å². The van der Waals surface area contributed by atoms with Crippen LogP contribution in [0.15, 0.2) is 109 Å². The molecule has 0 aromatic heterocycles. The fourth-order valence-electron chi connectivity index (χ4n) is 3.29. The summed E-state index contributed by atoms with van der Waals surface area (Å²) in [6, 6.07) is 31.3. The first kappa shape index (κ1) is 21.8. The van der Waals surface area contributed by atoms with Gasteiger partial charge in [0.2, 0.25) is 0 Å². The Morgan fingerprint density at radius 3 is 2.06 bits per heavy atom. The van der Waals surface area contributed by atoms with E-state index in [9.17, 15) is 9.59 Å². The van der Waals surface area contributed by atoms with Gasteiger partial charge < -0.3 is 9.47 Å².